The molecule has 9 heteroatoms. The molecular weight excluding hydrogens is 290 g/mol. The number of hydrogen-bond donors (Lipinski definition) is 4. The number of pyridine rings is 1. The van der Waals surface area contributed by atoms with E-state index in [9.17, 15) is 9.59 Å². The van der Waals surface area contributed by atoms with E-state index in [1.54, 1.807) is 18.3 Å². The molecule has 1 aromatic rings. The number of carbonyl (C=O) groups is 2. The van der Waals surface area contributed by atoms with Gasteiger partial charge < -0.3 is 27.0 Å². The molecule has 0 fully saturated rings. The lowest BCUT2D eigenvalue weighted by atomic mass is 10.2. The number of aromatic nitrogens is 1. The third-order valence-electron chi connectivity index (χ3n) is 2.37. The van der Waals surface area contributed by atoms with Crippen molar-refractivity contribution in [3.63, 3.8) is 0 Å². The number of nitrogens with zero attached hydrogens (tertiary/aromatic N) is 2. The molecule has 0 saturated carbocycles. The van der Waals surface area contributed by atoms with Crippen LogP contribution in [0.1, 0.15) is 23.2 Å². The number of guanidine groups is 1. The molecule has 7 N–H and O–H groups in total. The van der Waals surface area contributed by atoms with Crippen LogP contribution in [0, 0.1) is 0 Å². The summed E-state index contributed by atoms with van der Waals surface area (Å²) in [5.41, 5.74) is 15.8. The molecule has 1 atom stereocenters. The molecule has 0 aliphatic heterocycles. The van der Waals surface area contributed by atoms with Crippen molar-refractivity contribution in [2.75, 3.05) is 13.7 Å². The standard InChI is InChI=1S/C7H7NO2.C6H14N4O2/c1-10-7(9)6-3-2-4-8-5-6;7-4(5(11)12)2-1-3-10-6(8)9/h2-5H,1H3;4H,1-3,7H2,(H,11,12)(H4,8,9,10)/t;4-/m.0/s1. The Morgan fingerprint density at radius 3 is 2.59 bits per heavy atom. The van der Waals surface area contributed by atoms with E-state index in [2.05, 4.69) is 14.7 Å². The van der Waals surface area contributed by atoms with Gasteiger partial charge in [0.25, 0.3) is 0 Å². The zero-order valence-electron chi connectivity index (χ0n) is 12.3. The van der Waals surface area contributed by atoms with Crippen molar-refractivity contribution >= 4 is 17.9 Å². The highest BCUT2D eigenvalue weighted by molar-refractivity contribution is 5.88. The van der Waals surface area contributed by atoms with E-state index in [1.165, 1.54) is 13.3 Å². The van der Waals surface area contributed by atoms with Crippen molar-refractivity contribution in [1.29, 1.82) is 0 Å². The van der Waals surface area contributed by atoms with Crippen LogP contribution in [0.15, 0.2) is 29.5 Å². The Kier molecular flexibility index (Phi) is 9.69. The Morgan fingerprint density at radius 2 is 2.14 bits per heavy atom. The molecule has 22 heavy (non-hydrogen) atoms. The first-order valence-electron chi connectivity index (χ1n) is 6.40. The van der Waals surface area contributed by atoms with E-state index >= 15 is 0 Å². The fourth-order valence-electron chi connectivity index (χ4n) is 1.24. The Morgan fingerprint density at radius 1 is 1.45 bits per heavy atom. The highest BCUT2D eigenvalue weighted by Crippen LogP contribution is 1.96. The number of ether oxygens (including phenoxy) is 1. The van der Waals surface area contributed by atoms with Crippen LogP contribution in [0.3, 0.4) is 0 Å². The van der Waals surface area contributed by atoms with E-state index in [-0.39, 0.29) is 11.9 Å². The number of methoxy groups -OCH3 is 1. The van der Waals surface area contributed by atoms with Gasteiger partial charge in [-0.1, -0.05) is 0 Å². The summed E-state index contributed by atoms with van der Waals surface area (Å²) < 4.78 is 4.46. The van der Waals surface area contributed by atoms with Gasteiger partial charge in [0.2, 0.25) is 0 Å². The van der Waals surface area contributed by atoms with Crippen LogP contribution in [-0.2, 0) is 9.53 Å². The van der Waals surface area contributed by atoms with Crippen LogP contribution in [0.4, 0.5) is 0 Å². The van der Waals surface area contributed by atoms with Crippen molar-refractivity contribution in [3.8, 4) is 0 Å². The minimum absolute atomic E-state index is 0.0129. The summed E-state index contributed by atoms with van der Waals surface area (Å²) in [5.74, 6) is -1.34. The van der Waals surface area contributed by atoms with Crippen molar-refractivity contribution in [2.45, 2.75) is 18.9 Å². The summed E-state index contributed by atoms with van der Waals surface area (Å²) in [7, 11) is 1.34. The smallest absolute Gasteiger partial charge is 0.339 e. The number of aliphatic carboxylic acids is 1. The normalized spacial score (nSPS) is 10.6. The Hall–Kier alpha value is -2.68. The van der Waals surface area contributed by atoms with Gasteiger partial charge in [-0.2, -0.15) is 0 Å². The number of nitrogens with two attached hydrogens (primary N) is 3. The molecule has 0 amide bonds. The fraction of sp³-hybridized carbons (Fsp3) is 0.385. The van der Waals surface area contributed by atoms with E-state index in [4.69, 9.17) is 22.3 Å². The first-order valence-corrected chi connectivity index (χ1v) is 6.40. The Labute approximate surface area is 128 Å². The largest absolute Gasteiger partial charge is 0.480 e. The van der Waals surface area contributed by atoms with Crippen molar-refractivity contribution < 1.29 is 19.4 Å². The van der Waals surface area contributed by atoms with Crippen LogP contribution >= 0.6 is 0 Å². The number of carboxylic acids is 1. The molecule has 122 valence electrons. The van der Waals surface area contributed by atoms with E-state index in [1.807, 2.05) is 0 Å². The first-order chi connectivity index (χ1) is 10.4. The number of carboxylic acid groups (broad SMARTS) is 1. The monoisotopic (exact) mass is 311 g/mol. The average molecular weight is 311 g/mol. The van der Waals surface area contributed by atoms with Gasteiger partial charge in [0, 0.05) is 18.9 Å². The average Bonchev–Trinajstić information content (AvgIpc) is 2.51. The van der Waals surface area contributed by atoms with E-state index in [0.717, 1.165) is 0 Å². The number of aliphatic imine (C=N–C) groups is 1. The van der Waals surface area contributed by atoms with Gasteiger partial charge in [-0.05, 0) is 25.0 Å². The van der Waals surface area contributed by atoms with Gasteiger partial charge in [-0.25, -0.2) is 4.79 Å². The molecule has 1 heterocycles. The lowest BCUT2D eigenvalue weighted by Gasteiger charge is -2.03. The summed E-state index contributed by atoms with van der Waals surface area (Å²) in [5, 5.41) is 8.38. The predicted molar refractivity (Wildman–Crippen MR) is 81.1 cm³/mol. The van der Waals surface area contributed by atoms with Crippen molar-refractivity contribution in [3.05, 3.63) is 30.1 Å². The number of hydrogen-bond acceptors (Lipinski definition) is 6. The van der Waals surface area contributed by atoms with Gasteiger partial charge in [0.15, 0.2) is 5.96 Å². The van der Waals surface area contributed by atoms with Crippen molar-refractivity contribution in [1.82, 2.24) is 4.98 Å². The molecule has 0 bridgehead atoms. The van der Waals surface area contributed by atoms with Gasteiger partial charge in [0.05, 0.1) is 12.7 Å². The minimum atomic E-state index is -1.00. The van der Waals surface area contributed by atoms with Crippen LogP contribution in [0.5, 0.6) is 0 Å². The quantitative estimate of drug-likeness (QED) is 0.232. The maximum absolute atomic E-state index is 10.8. The van der Waals surface area contributed by atoms with Crippen LogP contribution in [-0.4, -0.2) is 47.7 Å². The molecule has 9 nitrogen and oxygen atoms in total. The molecule has 0 aliphatic rings. The van der Waals surface area contributed by atoms with Crippen LogP contribution < -0.4 is 17.2 Å². The molecule has 0 aromatic carbocycles. The molecule has 0 aliphatic carbocycles. The summed E-state index contributed by atoms with van der Waals surface area (Å²) in [6.07, 6.45) is 4.02. The third-order valence-corrected chi connectivity index (χ3v) is 2.37. The molecular formula is C13H21N5O4. The third kappa shape index (κ3) is 9.26. The van der Waals surface area contributed by atoms with E-state index < -0.39 is 12.0 Å². The SMILES string of the molecule is COC(=O)c1cccnc1.NC(N)=NCCC[C@H](N)C(=O)O. The second-order valence-electron chi connectivity index (χ2n) is 4.13. The number of esters is 1. The molecule has 0 saturated heterocycles. The van der Waals surface area contributed by atoms with E-state index in [0.29, 0.717) is 24.9 Å². The maximum atomic E-state index is 10.8. The highest BCUT2D eigenvalue weighted by atomic mass is 16.5. The predicted octanol–water partition coefficient (Wildman–Crippen LogP) is -0.680. The zero-order chi connectivity index (χ0) is 17.0. The highest BCUT2D eigenvalue weighted by Gasteiger charge is 2.09. The molecule has 1 aromatic heterocycles. The second kappa shape index (κ2) is 11.0. The fourth-order valence-corrected chi connectivity index (χ4v) is 1.24. The van der Waals surface area contributed by atoms with Gasteiger partial charge in [0.1, 0.15) is 6.04 Å². The summed E-state index contributed by atoms with van der Waals surface area (Å²) in [6.45, 7) is 0.420. The van der Waals surface area contributed by atoms with Gasteiger partial charge in [-0.3, -0.25) is 14.8 Å². The maximum Gasteiger partial charge on any atom is 0.339 e. The van der Waals surface area contributed by atoms with Gasteiger partial charge in [-0.15, -0.1) is 0 Å². The Balaban J connectivity index is 0.000000406. The van der Waals surface area contributed by atoms with Gasteiger partial charge >= 0.3 is 11.9 Å². The molecule has 0 unspecified atom stereocenters. The lowest BCUT2D eigenvalue weighted by molar-refractivity contribution is -0.138. The lowest BCUT2D eigenvalue weighted by Crippen LogP contribution is -2.30. The summed E-state index contributed by atoms with van der Waals surface area (Å²) in [6, 6.07) is 2.52. The van der Waals surface area contributed by atoms with Crippen molar-refractivity contribution in [2.24, 2.45) is 22.2 Å². The molecule has 1 rings (SSSR count). The molecule has 0 spiro atoms. The molecule has 0 radical (unpaired) electrons. The summed E-state index contributed by atoms with van der Waals surface area (Å²) >= 11 is 0. The number of carbonyl (C=O) groups excluding carboxylic acids is 1. The second-order valence-corrected chi connectivity index (χ2v) is 4.13. The topological polar surface area (TPSA) is 167 Å². The number of rotatable bonds is 6. The summed E-state index contributed by atoms with van der Waals surface area (Å²) in [4.78, 5) is 28.4. The Bertz CT molecular complexity index is 488. The van der Waals surface area contributed by atoms with Crippen LogP contribution in [0.25, 0.3) is 0 Å². The first kappa shape index (κ1) is 19.3. The minimum Gasteiger partial charge on any atom is -0.480 e. The van der Waals surface area contributed by atoms with Crippen LogP contribution in [0.2, 0.25) is 0 Å². The zero-order valence-corrected chi connectivity index (χ0v) is 12.3.